The van der Waals surface area contributed by atoms with E-state index in [0.29, 0.717) is 11.1 Å². The predicted octanol–water partition coefficient (Wildman–Crippen LogP) is 2.53. The van der Waals surface area contributed by atoms with Crippen molar-refractivity contribution in [2.24, 2.45) is 0 Å². The molecule has 166 valence electrons. The van der Waals surface area contributed by atoms with E-state index in [0.717, 1.165) is 0 Å². The van der Waals surface area contributed by atoms with Crippen molar-refractivity contribution in [3.05, 3.63) is 100 Å². The first kappa shape index (κ1) is 24.7. The van der Waals surface area contributed by atoms with Gasteiger partial charge in [0.05, 0.1) is 4.92 Å². The smallest absolute Gasteiger partial charge is 0.269 e. The van der Waals surface area contributed by atoms with Gasteiger partial charge in [0, 0.05) is 23.3 Å². The minimum Gasteiger partial charge on any atom is -0.289 e. The number of carbonyl (C=O) groups excluding carboxylic acids is 2. The normalized spacial score (nSPS) is 12.0. The summed E-state index contributed by atoms with van der Waals surface area (Å²) in [5.74, 6) is -0.517. The predicted molar refractivity (Wildman–Crippen MR) is 116 cm³/mol. The van der Waals surface area contributed by atoms with E-state index in [2.05, 4.69) is 9.19 Å². The molecule has 0 aliphatic carbocycles. The van der Waals surface area contributed by atoms with Gasteiger partial charge in [0.1, 0.15) is 0 Å². The minimum absolute atomic E-state index is 0.0189. The Hall–Kier alpha value is -3.56. The van der Waals surface area contributed by atoms with Crippen LogP contribution < -0.4 is 9.67 Å². The van der Waals surface area contributed by atoms with Crippen LogP contribution in [0.25, 0.3) is 0 Å². The molecule has 3 aromatic rings. The monoisotopic (exact) mass is 502 g/mol. The van der Waals surface area contributed by atoms with Crippen LogP contribution in [0.5, 0.6) is 0 Å². The number of carbonyl (C=O) groups is 2. The molecule has 0 aliphatic rings. The Labute approximate surface area is 185 Å². The summed E-state index contributed by atoms with van der Waals surface area (Å²) in [5.41, 5.74) is 1.15. The van der Waals surface area contributed by atoms with Crippen molar-refractivity contribution in [3.8, 4) is 0 Å². The zero-order valence-corrected chi connectivity index (χ0v) is 18.6. The maximum atomic E-state index is 12.0. The van der Waals surface area contributed by atoms with Gasteiger partial charge >= 0.3 is 88.4 Å². The second-order valence-electron chi connectivity index (χ2n) is 6.30. The molecule has 11 heteroatoms. The summed E-state index contributed by atoms with van der Waals surface area (Å²) in [6, 6.07) is 20.2. The van der Waals surface area contributed by atoms with E-state index in [-0.39, 0.29) is 27.4 Å². The molecule has 0 aromatic heterocycles. The van der Waals surface area contributed by atoms with E-state index in [1.165, 1.54) is 49.4 Å². The van der Waals surface area contributed by atoms with Crippen LogP contribution in [-0.2, 0) is 12.4 Å². The average molecular weight is 502 g/mol. The first-order chi connectivity index (χ1) is 15.2. The second kappa shape index (κ2) is 11.2. The molecule has 10 nitrogen and oxygen atoms in total. The summed E-state index contributed by atoms with van der Waals surface area (Å²) in [4.78, 5) is 32.7. The number of nitro groups is 1. The Bertz CT molecular complexity index is 1150. The van der Waals surface area contributed by atoms with E-state index in [9.17, 15) is 27.5 Å². The van der Waals surface area contributed by atoms with E-state index in [1.807, 2.05) is 6.07 Å². The molecular weight excluding hydrogens is 483 g/mol. The molecule has 0 radical (unpaired) electrons. The summed E-state index contributed by atoms with van der Waals surface area (Å²) in [5, 5.41) is 21.1. The Kier molecular flexibility index (Phi) is 8.62. The molecule has 32 heavy (non-hydrogen) atoms. The fourth-order valence-corrected chi connectivity index (χ4v) is 4.22. The topological polar surface area (TPSA) is 156 Å². The molecule has 0 saturated heterocycles. The molecule has 1 atom stereocenters. The molecule has 1 amide bonds. The third kappa shape index (κ3) is 6.73. The molecule has 0 spiro atoms. The number of nitrogens with one attached hydrogen (secondary N) is 1. The third-order valence-electron chi connectivity index (χ3n) is 4.01. The van der Waals surface area contributed by atoms with Gasteiger partial charge in [-0.25, -0.2) is 0 Å². The van der Waals surface area contributed by atoms with E-state index >= 15 is 0 Å². The van der Waals surface area contributed by atoms with Gasteiger partial charge in [-0.05, 0) is 12.1 Å². The molecule has 0 saturated carbocycles. The van der Waals surface area contributed by atoms with Crippen LogP contribution in [0.2, 0.25) is 0 Å². The van der Waals surface area contributed by atoms with Crippen molar-refractivity contribution >= 4 is 41.6 Å². The van der Waals surface area contributed by atoms with Crippen molar-refractivity contribution in [2.45, 2.75) is 6.92 Å². The Morgan fingerprint density at radius 1 is 0.938 bits per heavy atom. The van der Waals surface area contributed by atoms with Crippen LogP contribution in [0, 0.1) is 10.1 Å². The van der Waals surface area contributed by atoms with Crippen molar-refractivity contribution in [1.29, 1.82) is 0 Å². The van der Waals surface area contributed by atoms with Gasteiger partial charge in [-0.3, -0.25) is 14.9 Å². The number of non-ortho nitro benzene ring substituents is 1. The summed E-state index contributed by atoms with van der Waals surface area (Å²) >= 11 is -4.92. The van der Waals surface area contributed by atoms with Crippen molar-refractivity contribution in [2.75, 3.05) is 5.32 Å². The van der Waals surface area contributed by atoms with Gasteiger partial charge in [0.15, 0.2) is 5.78 Å². The maximum Gasteiger partial charge on any atom is 0.269 e. The van der Waals surface area contributed by atoms with E-state index in [4.69, 9.17) is 5.26 Å². The molecule has 3 aromatic carbocycles. The summed E-state index contributed by atoms with van der Waals surface area (Å²) in [7, 11) is 0. The molecule has 0 bridgehead atoms. The van der Waals surface area contributed by atoms with Crippen molar-refractivity contribution in [1.82, 2.24) is 0 Å². The zero-order chi connectivity index (χ0) is 23.7. The first-order valence-corrected chi connectivity index (χ1v) is 12.3. The van der Waals surface area contributed by atoms with Crippen LogP contribution in [0.3, 0.4) is 0 Å². The van der Waals surface area contributed by atoms with Gasteiger partial charge in [-0.15, -0.1) is 0 Å². The second-order valence-corrected chi connectivity index (χ2v) is 9.84. The van der Waals surface area contributed by atoms with Crippen LogP contribution >= 0.6 is 0 Å². The Morgan fingerprint density at radius 2 is 1.47 bits per heavy atom. The van der Waals surface area contributed by atoms with Crippen LogP contribution in [0.4, 0.5) is 11.4 Å². The van der Waals surface area contributed by atoms with Crippen LogP contribution in [-0.4, -0.2) is 40.1 Å². The number of para-hydroxylation sites is 1. The maximum absolute atomic E-state index is 12.0. The number of ketones is 1. The minimum atomic E-state index is -4.92. The Balaban J connectivity index is 0.000000229. The molecule has 3 rings (SSSR count). The number of nitrogens with zero attached hydrogens (tertiary/aromatic N) is 1. The molecule has 0 fully saturated rings. The number of amides is 1. The van der Waals surface area contributed by atoms with Crippen LogP contribution in [0.1, 0.15) is 22.8 Å². The van der Waals surface area contributed by atoms with Gasteiger partial charge in [-0.1, -0.05) is 30.3 Å². The standard InChI is InChI=1S/C13H9NO3.C8H10AsNO5/c15-13(10-4-2-1-3-5-10)11-6-8-12(9-7-11)14(16)17;1-6(11)10-8-5-3-2-4-7(8)9(12,13)15-14/h1-9H;2-5,14H,1H3,(H,10,11)(H,12,13). The van der Waals surface area contributed by atoms with Crippen molar-refractivity contribution in [3.63, 3.8) is 0 Å². The van der Waals surface area contributed by atoms with Gasteiger partial charge < -0.3 is 0 Å². The number of anilines is 1. The molecular formula is C21H19AsN2O8. The molecule has 3 N–H and O–H groups in total. The number of hydrogen-bond donors (Lipinski definition) is 3. The fraction of sp³-hybridized carbons (Fsp3) is 0.0476. The van der Waals surface area contributed by atoms with Gasteiger partial charge in [-0.2, -0.15) is 0 Å². The zero-order valence-electron chi connectivity index (χ0n) is 16.7. The quantitative estimate of drug-likeness (QED) is 0.153. The third-order valence-corrected chi connectivity index (χ3v) is 6.57. The Morgan fingerprint density at radius 3 is 2.00 bits per heavy atom. The molecule has 0 heterocycles. The average Bonchev–Trinajstić information content (AvgIpc) is 2.79. The fourth-order valence-electron chi connectivity index (χ4n) is 2.55. The van der Waals surface area contributed by atoms with Gasteiger partial charge in [0.2, 0.25) is 0 Å². The van der Waals surface area contributed by atoms with E-state index < -0.39 is 19.1 Å². The summed E-state index contributed by atoms with van der Waals surface area (Å²) in [6.07, 6.45) is 0. The van der Waals surface area contributed by atoms with Crippen LogP contribution in [0.15, 0.2) is 78.9 Å². The SMILES string of the molecule is CC(=O)Nc1ccccc1[As](=O)(O)OO.O=C(c1ccccc1)c1ccc([N+](=O)[O-])cc1. The molecule has 1 unspecified atom stereocenters. The number of nitro benzene ring substituents is 1. The summed E-state index contributed by atoms with van der Waals surface area (Å²) in [6.45, 7) is 1.27. The largest absolute Gasteiger partial charge is 0.289 e. The number of benzene rings is 3. The van der Waals surface area contributed by atoms with E-state index in [1.54, 1.807) is 30.3 Å². The van der Waals surface area contributed by atoms with Crippen molar-refractivity contribution < 1.29 is 31.5 Å². The number of hydrogen-bond acceptors (Lipinski definition) is 7. The first-order valence-electron chi connectivity index (χ1n) is 9.03. The molecule has 0 aliphatic heterocycles. The van der Waals surface area contributed by atoms with Gasteiger partial charge in [0.25, 0.3) is 5.69 Å². The summed E-state index contributed by atoms with van der Waals surface area (Å²) < 4.78 is 24.1. The number of rotatable bonds is 6.